The summed E-state index contributed by atoms with van der Waals surface area (Å²) in [5.41, 5.74) is 0. The van der Waals surface area contributed by atoms with Gasteiger partial charge in [0, 0.05) is 12.1 Å². The standard InChI is InChI=1S/C18H29NO/c1-4-6-7-8-9-10-11-12-13-14-15-16-18(20)19-17(3)5-2/h6-7,9-10,13-17H,4-5,8,11-12H2,1-3H3,(H,19,20). The lowest BCUT2D eigenvalue weighted by Gasteiger charge is -2.07. The van der Waals surface area contributed by atoms with Gasteiger partial charge in [0.05, 0.1) is 0 Å². The van der Waals surface area contributed by atoms with Gasteiger partial charge in [-0.3, -0.25) is 4.79 Å². The maximum absolute atomic E-state index is 11.4. The van der Waals surface area contributed by atoms with Gasteiger partial charge < -0.3 is 5.32 Å². The molecule has 0 aromatic heterocycles. The van der Waals surface area contributed by atoms with Crippen molar-refractivity contribution in [3.05, 3.63) is 48.6 Å². The first-order valence-electron chi connectivity index (χ1n) is 7.64. The van der Waals surface area contributed by atoms with Crippen LogP contribution in [-0.2, 0) is 4.79 Å². The molecule has 0 aliphatic rings. The summed E-state index contributed by atoms with van der Waals surface area (Å²) in [4.78, 5) is 11.4. The van der Waals surface area contributed by atoms with Gasteiger partial charge >= 0.3 is 0 Å². The van der Waals surface area contributed by atoms with Gasteiger partial charge in [-0.25, -0.2) is 0 Å². The van der Waals surface area contributed by atoms with E-state index in [4.69, 9.17) is 0 Å². The van der Waals surface area contributed by atoms with Crippen molar-refractivity contribution in [2.45, 2.75) is 58.9 Å². The fourth-order valence-electron chi connectivity index (χ4n) is 1.46. The van der Waals surface area contributed by atoms with Crippen LogP contribution in [0.2, 0.25) is 0 Å². The molecule has 0 saturated carbocycles. The van der Waals surface area contributed by atoms with E-state index in [-0.39, 0.29) is 11.9 Å². The molecule has 2 nitrogen and oxygen atoms in total. The van der Waals surface area contributed by atoms with Crippen molar-refractivity contribution in [2.24, 2.45) is 0 Å². The smallest absolute Gasteiger partial charge is 0.244 e. The van der Waals surface area contributed by atoms with Crippen molar-refractivity contribution in [3.63, 3.8) is 0 Å². The van der Waals surface area contributed by atoms with Crippen LogP contribution in [0.1, 0.15) is 52.9 Å². The molecule has 0 aliphatic carbocycles. The minimum Gasteiger partial charge on any atom is -0.350 e. The van der Waals surface area contributed by atoms with Gasteiger partial charge in [0.2, 0.25) is 5.91 Å². The van der Waals surface area contributed by atoms with Gasteiger partial charge in [0.25, 0.3) is 0 Å². The molecular weight excluding hydrogens is 246 g/mol. The molecule has 2 heteroatoms. The molecule has 0 aliphatic heterocycles. The molecular formula is C18H29NO. The third-order valence-electron chi connectivity index (χ3n) is 2.84. The number of nitrogens with one attached hydrogen (secondary N) is 1. The Morgan fingerprint density at radius 2 is 1.70 bits per heavy atom. The summed E-state index contributed by atoms with van der Waals surface area (Å²) in [6.45, 7) is 6.20. The van der Waals surface area contributed by atoms with Crippen molar-refractivity contribution in [1.29, 1.82) is 0 Å². The molecule has 20 heavy (non-hydrogen) atoms. The Morgan fingerprint density at radius 3 is 2.40 bits per heavy atom. The van der Waals surface area contributed by atoms with Crippen molar-refractivity contribution >= 4 is 5.91 Å². The Morgan fingerprint density at radius 1 is 1.00 bits per heavy atom. The number of carbonyl (C=O) groups excluding carboxylic acids is 1. The van der Waals surface area contributed by atoms with Gasteiger partial charge in [0.15, 0.2) is 0 Å². The number of amides is 1. The first-order valence-corrected chi connectivity index (χ1v) is 7.64. The van der Waals surface area contributed by atoms with Crippen LogP contribution >= 0.6 is 0 Å². The molecule has 112 valence electrons. The molecule has 0 bridgehead atoms. The molecule has 1 unspecified atom stereocenters. The lowest BCUT2D eigenvalue weighted by molar-refractivity contribution is -0.117. The highest BCUT2D eigenvalue weighted by Gasteiger charge is 1.99. The van der Waals surface area contributed by atoms with Crippen LogP contribution in [0.4, 0.5) is 0 Å². The van der Waals surface area contributed by atoms with Gasteiger partial charge in [-0.2, -0.15) is 0 Å². The monoisotopic (exact) mass is 275 g/mol. The van der Waals surface area contributed by atoms with E-state index in [0.29, 0.717) is 0 Å². The zero-order chi connectivity index (χ0) is 15.1. The summed E-state index contributed by atoms with van der Waals surface area (Å²) in [7, 11) is 0. The topological polar surface area (TPSA) is 29.1 Å². The number of rotatable bonds is 10. The van der Waals surface area contributed by atoms with Crippen LogP contribution in [0.15, 0.2) is 48.6 Å². The lowest BCUT2D eigenvalue weighted by atomic mass is 10.2. The summed E-state index contributed by atoms with van der Waals surface area (Å²) >= 11 is 0. The summed E-state index contributed by atoms with van der Waals surface area (Å²) in [6.07, 6.45) is 21.3. The van der Waals surface area contributed by atoms with Crippen LogP contribution in [0.3, 0.4) is 0 Å². The Bertz CT molecular complexity index is 350. The minimum absolute atomic E-state index is 0.0217. The first kappa shape index (κ1) is 18.4. The Kier molecular flexibility index (Phi) is 12.8. The summed E-state index contributed by atoms with van der Waals surface area (Å²) in [5.74, 6) is -0.0217. The average Bonchev–Trinajstić information content (AvgIpc) is 2.44. The second-order valence-corrected chi connectivity index (χ2v) is 4.77. The maximum atomic E-state index is 11.4. The zero-order valence-electron chi connectivity index (χ0n) is 13.1. The van der Waals surface area contributed by atoms with E-state index in [0.717, 1.165) is 32.1 Å². The van der Waals surface area contributed by atoms with Gasteiger partial charge in [-0.15, -0.1) is 0 Å². The second-order valence-electron chi connectivity index (χ2n) is 4.77. The van der Waals surface area contributed by atoms with E-state index in [2.05, 4.69) is 49.5 Å². The lowest BCUT2D eigenvalue weighted by Crippen LogP contribution is -2.30. The minimum atomic E-state index is -0.0217. The van der Waals surface area contributed by atoms with Crippen molar-refractivity contribution in [2.75, 3.05) is 0 Å². The number of unbranched alkanes of at least 4 members (excludes halogenated alkanes) is 1. The summed E-state index contributed by atoms with van der Waals surface area (Å²) in [6, 6.07) is 0.239. The predicted octanol–water partition coefficient (Wildman–Crippen LogP) is 4.71. The molecule has 0 saturated heterocycles. The highest BCUT2D eigenvalue weighted by molar-refractivity contribution is 5.87. The Balaban J connectivity index is 3.65. The first-order chi connectivity index (χ1) is 9.70. The molecule has 0 rings (SSSR count). The van der Waals surface area contributed by atoms with Crippen LogP contribution in [0, 0.1) is 0 Å². The van der Waals surface area contributed by atoms with Crippen LogP contribution in [0.25, 0.3) is 0 Å². The van der Waals surface area contributed by atoms with E-state index >= 15 is 0 Å². The number of hydrogen-bond donors (Lipinski definition) is 1. The zero-order valence-corrected chi connectivity index (χ0v) is 13.1. The van der Waals surface area contributed by atoms with E-state index in [9.17, 15) is 4.79 Å². The Hall–Kier alpha value is -1.57. The number of carbonyl (C=O) groups is 1. The SMILES string of the molecule is CCC=CCC=CCCC=CC=CC(=O)NC(C)CC. The molecule has 0 heterocycles. The quantitative estimate of drug-likeness (QED) is 0.266. The van der Waals surface area contributed by atoms with Crippen molar-refractivity contribution in [3.8, 4) is 0 Å². The molecule has 0 aromatic rings. The highest BCUT2D eigenvalue weighted by atomic mass is 16.1. The average molecular weight is 275 g/mol. The van der Waals surface area contributed by atoms with Crippen LogP contribution in [0.5, 0.6) is 0 Å². The maximum Gasteiger partial charge on any atom is 0.244 e. The van der Waals surface area contributed by atoms with Crippen molar-refractivity contribution < 1.29 is 4.79 Å². The van der Waals surface area contributed by atoms with E-state index in [1.165, 1.54) is 0 Å². The highest BCUT2D eigenvalue weighted by Crippen LogP contribution is 1.96. The van der Waals surface area contributed by atoms with Gasteiger partial charge in [0.1, 0.15) is 0 Å². The third kappa shape index (κ3) is 12.9. The molecule has 0 spiro atoms. The van der Waals surface area contributed by atoms with Gasteiger partial charge in [-0.05, 0) is 39.0 Å². The molecule has 0 radical (unpaired) electrons. The third-order valence-corrected chi connectivity index (χ3v) is 2.84. The number of hydrogen-bond acceptors (Lipinski definition) is 1. The fraction of sp³-hybridized carbons (Fsp3) is 0.500. The normalized spacial score (nSPS) is 13.9. The number of allylic oxidation sites excluding steroid dienone is 7. The van der Waals surface area contributed by atoms with Crippen LogP contribution < -0.4 is 5.32 Å². The summed E-state index contributed by atoms with van der Waals surface area (Å²) < 4.78 is 0. The summed E-state index contributed by atoms with van der Waals surface area (Å²) in [5, 5.41) is 2.89. The largest absolute Gasteiger partial charge is 0.350 e. The van der Waals surface area contributed by atoms with E-state index in [1.807, 2.05) is 13.0 Å². The van der Waals surface area contributed by atoms with Crippen LogP contribution in [-0.4, -0.2) is 11.9 Å². The Labute approximate surface area is 124 Å². The molecule has 0 fully saturated rings. The molecule has 0 aromatic carbocycles. The fourth-order valence-corrected chi connectivity index (χ4v) is 1.46. The predicted molar refractivity (Wildman–Crippen MR) is 88.6 cm³/mol. The molecule has 1 atom stereocenters. The molecule has 1 N–H and O–H groups in total. The second kappa shape index (κ2) is 13.9. The van der Waals surface area contributed by atoms with Gasteiger partial charge in [-0.1, -0.05) is 56.4 Å². The van der Waals surface area contributed by atoms with E-state index < -0.39 is 0 Å². The molecule has 1 amide bonds. The van der Waals surface area contributed by atoms with E-state index in [1.54, 1.807) is 12.2 Å². The van der Waals surface area contributed by atoms with Crippen molar-refractivity contribution in [1.82, 2.24) is 5.32 Å².